The van der Waals surface area contributed by atoms with E-state index in [2.05, 4.69) is 0 Å². The van der Waals surface area contributed by atoms with Crippen LogP contribution < -0.4 is 0 Å². The fraction of sp³-hybridized carbons (Fsp3) is 0.222. The van der Waals surface area contributed by atoms with Gasteiger partial charge in [0.1, 0.15) is 5.82 Å². The lowest BCUT2D eigenvalue weighted by Gasteiger charge is -2.10. The second-order valence-corrected chi connectivity index (χ2v) is 3.13. The van der Waals surface area contributed by atoms with Crippen LogP contribution in [0.5, 0.6) is 0 Å². The van der Waals surface area contributed by atoms with Crippen molar-refractivity contribution in [2.24, 2.45) is 0 Å². The van der Waals surface area contributed by atoms with Crippen LogP contribution in [0.25, 0.3) is 0 Å². The Morgan fingerprint density at radius 1 is 1.33 bits per heavy atom. The Balaban J connectivity index is 3.36. The number of hydrogen-bond acceptors (Lipinski definition) is 1. The molecular formula is C9H4ClF4N. The lowest BCUT2D eigenvalue weighted by molar-refractivity contribution is -0.140. The number of rotatable bonds is 1. The van der Waals surface area contributed by atoms with E-state index in [1.54, 1.807) is 6.07 Å². The summed E-state index contributed by atoms with van der Waals surface area (Å²) in [5.41, 5.74) is -1.83. The molecule has 0 heterocycles. The van der Waals surface area contributed by atoms with Gasteiger partial charge in [-0.25, -0.2) is 4.39 Å². The number of hydrogen-bond donors (Lipinski definition) is 0. The van der Waals surface area contributed by atoms with E-state index in [4.69, 9.17) is 16.9 Å². The lowest BCUT2D eigenvalue weighted by Crippen LogP contribution is -2.10. The third kappa shape index (κ3) is 2.39. The minimum atomic E-state index is -4.78. The first kappa shape index (κ1) is 11.8. The predicted molar refractivity (Wildman–Crippen MR) is 45.7 cm³/mol. The molecule has 0 aliphatic heterocycles. The van der Waals surface area contributed by atoms with Crippen LogP contribution in [-0.4, -0.2) is 0 Å². The Labute approximate surface area is 87.9 Å². The standard InChI is InChI=1S/C9H4ClF4N/c10-7-2-1-6(9(12,13)14)8(11)5(7)3-4-15/h1-2H,3H2. The molecule has 0 aromatic heterocycles. The summed E-state index contributed by atoms with van der Waals surface area (Å²) in [6, 6.07) is 3.04. The summed E-state index contributed by atoms with van der Waals surface area (Å²) in [6.45, 7) is 0. The van der Waals surface area contributed by atoms with Gasteiger partial charge in [0.25, 0.3) is 0 Å². The van der Waals surface area contributed by atoms with Gasteiger partial charge in [-0.1, -0.05) is 11.6 Å². The van der Waals surface area contributed by atoms with E-state index >= 15 is 0 Å². The molecule has 1 rings (SSSR count). The molecule has 0 bridgehead atoms. The highest BCUT2D eigenvalue weighted by atomic mass is 35.5. The molecule has 6 heteroatoms. The van der Waals surface area contributed by atoms with Crippen LogP contribution in [0.2, 0.25) is 5.02 Å². The van der Waals surface area contributed by atoms with Crippen LogP contribution >= 0.6 is 11.6 Å². The van der Waals surface area contributed by atoms with Gasteiger partial charge in [0.05, 0.1) is 18.1 Å². The second kappa shape index (κ2) is 4.07. The van der Waals surface area contributed by atoms with Crippen molar-refractivity contribution in [2.45, 2.75) is 12.6 Å². The molecule has 0 amide bonds. The average Bonchev–Trinajstić information content (AvgIpc) is 2.09. The van der Waals surface area contributed by atoms with Gasteiger partial charge in [-0.2, -0.15) is 18.4 Å². The first-order valence-electron chi connectivity index (χ1n) is 3.79. The molecule has 0 spiro atoms. The summed E-state index contributed by atoms with van der Waals surface area (Å²) in [7, 11) is 0. The fourth-order valence-corrected chi connectivity index (χ4v) is 1.27. The van der Waals surface area contributed by atoms with Crippen molar-refractivity contribution in [1.29, 1.82) is 5.26 Å². The summed E-state index contributed by atoms with van der Waals surface area (Å²) in [4.78, 5) is 0. The van der Waals surface area contributed by atoms with Crippen molar-refractivity contribution in [3.8, 4) is 6.07 Å². The predicted octanol–water partition coefficient (Wildman–Crippen LogP) is 3.56. The molecule has 0 saturated heterocycles. The van der Waals surface area contributed by atoms with Gasteiger partial charge in [-0.15, -0.1) is 0 Å². The first-order valence-corrected chi connectivity index (χ1v) is 4.16. The quantitative estimate of drug-likeness (QED) is 0.685. The summed E-state index contributed by atoms with van der Waals surface area (Å²) < 4.78 is 50.0. The SMILES string of the molecule is N#CCc1c(Cl)ccc(C(F)(F)F)c1F. The van der Waals surface area contributed by atoms with Gasteiger partial charge < -0.3 is 0 Å². The van der Waals surface area contributed by atoms with Gasteiger partial charge in [-0.3, -0.25) is 0 Å². The van der Waals surface area contributed by atoms with E-state index in [1.165, 1.54) is 0 Å². The van der Waals surface area contributed by atoms with Crippen molar-refractivity contribution in [2.75, 3.05) is 0 Å². The lowest BCUT2D eigenvalue weighted by atomic mass is 10.1. The number of halogens is 5. The number of benzene rings is 1. The Hall–Kier alpha value is -1.28. The van der Waals surface area contributed by atoms with Crippen molar-refractivity contribution >= 4 is 11.6 Å². The van der Waals surface area contributed by atoms with E-state index in [1.807, 2.05) is 0 Å². The summed E-state index contributed by atoms with van der Waals surface area (Å²) in [5, 5.41) is 8.13. The van der Waals surface area contributed by atoms with Crippen LogP contribution in [0, 0.1) is 17.1 Å². The normalized spacial score (nSPS) is 11.2. The highest BCUT2D eigenvalue weighted by molar-refractivity contribution is 6.31. The van der Waals surface area contributed by atoms with Crippen molar-refractivity contribution < 1.29 is 17.6 Å². The Kier molecular flexibility index (Phi) is 3.20. The zero-order valence-electron chi connectivity index (χ0n) is 7.20. The smallest absolute Gasteiger partial charge is 0.206 e. The third-order valence-electron chi connectivity index (χ3n) is 1.75. The van der Waals surface area contributed by atoms with Crippen molar-refractivity contribution in [1.82, 2.24) is 0 Å². The topological polar surface area (TPSA) is 23.8 Å². The Bertz CT molecular complexity index is 419. The van der Waals surface area contributed by atoms with Crippen LogP contribution in [-0.2, 0) is 12.6 Å². The van der Waals surface area contributed by atoms with Gasteiger partial charge in [0.15, 0.2) is 0 Å². The largest absolute Gasteiger partial charge is 0.419 e. The molecule has 0 unspecified atom stereocenters. The molecule has 0 saturated carbocycles. The maximum absolute atomic E-state index is 13.3. The zero-order chi connectivity index (χ0) is 11.6. The molecule has 0 atom stereocenters. The molecular weight excluding hydrogens is 234 g/mol. The number of nitriles is 1. The Morgan fingerprint density at radius 2 is 1.93 bits per heavy atom. The van der Waals surface area contributed by atoms with Crippen LogP contribution in [0.15, 0.2) is 12.1 Å². The maximum Gasteiger partial charge on any atom is 0.419 e. The highest BCUT2D eigenvalue weighted by Gasteiger charge is 2.35. The zero-order valence-corrected chi connectivity index (χ0v) is 7.95. The third-order valence-corrected chi connectivity index (χ3v) is 2.10. The van der Waals surface area contributed by atoms with E-state index in [0.717, 1.165) is 6.07 Å². The van der Waals surface area contributed by atoms with E-state index < -0.39 is 29.5 Å². The summed E-state index contributed by atoms with van der Waals surface area (Å²) >= 11 is 5.47. The second-order valence-electron chi connectivity index (χ2n) is 2.72. The summed E-state index contributed by atoms with van der Waals surface area (Å²) in [5.74, 6) is -1.48. The number of alkyl halides is 3. The fourth-order valence-electron chi connectivity index (χ4n) is 1.06. The van der Waals surface area contributed by atoms with E-state index in [9.17, 15) is 17.6 Å². The molecule has 1 nitrogen and oxygen atoms in total. The average molecular weight is 238 g/mol. The van der Waals surface area contributed by atoms with Crippen LogP contribution in [0.1, 0.15) is 11.1 Å². The highest BCUT2D eigenvalue weighted by Crippen LogP contribution is 2.34. The first-order chi connectivity index (χ1) is 6.88. The molecule has 0 aliphatic carbocycles. The molecule has 1 aromatic carbocycles. The van der Waals surface area contributed by atoms with Crippen LogP contribution in [0.3, 0.4) is 0 Å². The minimum absolute atomic E-state index is 0.179. The van der Waals surface area contributed by atoms with Crippen molar-refractivity contribution in [3.63, 3.8) is 0 Å². The van der Waals surface area contributed by atoms with E-state index in [0.29, 0.717) is 6.07 Å². The van der Waals surface area contributed by atoms with E-state index in [-0.39, 0.29) is 5.02 Å². The molecule has 0 radical (unpaired) electrons. The molecule has 0 N–H and O–H groups in total. The molecule has 80 valence electrons. The van der Waals surface area contributed by atoms with Gasteiger partial charge in [0, 0.05) is 10.6 Å². The minimum Gasteiger partial charge on any atom is -0.206 e. The van der Waals surface area contributed by atoms with Crippen LogP contribution in [0.4, 0.5) is 17.6 Å². The Morgan fingerprint density at radius 3 is 2.40 bits per heavy atom. The molecule has 1 aromatic rings. The van der Waals surface area contributed by atoms with Gasteiger partial charge >= 0.3 is 6.18 Å². The molecule has 0 fully saturated rings. The monoisotopic (exact) mass is 237 g/mol. The maximum atomic E-state index is 13.3. The van der Waals surface area contributed by atoms with Crippen molar-refractivity contribution in [3.05, 3.63) is 34.1 Å². The number of nitrogens with zero attached hydrogens (tertiary/aromatic N) is 1. The molecule has 15 heavy (non-hydrogen) atoms. The summed E-state index contributed by atoms with van der Waals surface area (Å²) in [6.07, 6.45) is -5.27. The van der Waals surface area contributed by atoms with Gasteiger partial charge in [-0.05, 0) is 12.1 Å². The molecule has 0 aliphatic rings. The van der Waals surface area contributed by atoms with Gasteiger partial charge in [0.2, 0.25) is 0 Å².